The molecule has 2 aromatic carbocycles. The third-order valence-corrected chi connectivity index (χ3v) is 6.74. The zero-order valence-corrected chi connectivity index (χ0v) is 13.8. The molecule has 6 heteroatoms. The van der Waals surface area contributed by atoms with Gasteiger partial charge in [0.2, 0.25) is 0 Å². The Morgan fingerprint density at radius 3 is 2.61 bits per heavy atom. The summed E-state index contributed by atoms with van der Waals surface area (Å²) >= 11 is 0. The van der Waals surface area contributed by atoms with Crippen molar-refractivity contribution in [1.29, 1.82) is 0 Å². The highest BCUT2D eigenvalue weighted by Crippen LogP contribution is 2.59. The smallest absolute Gasteiger partial charge is 0.307 e. The monoisotopic (exact) mass is 333 g/mol. The van der Waals surface area contributed by atoms with E-state index in [0.717, 1.165) is 5.69 Å². The fourth-order valence-corrected chi connectivity index (χ4v) is 5.69. The van der Waals surface area contributed by atoms with Crippen LogP contribution in [0.2, 0.25) is 0 Å². The molecule has 0 amide bonds. The van der Waals surface area contributed by atoms with Gasteiger partial charge in [0.05, 0.1) is 19.6 Å². The maximum absolute atomic E-state index is 13.7. The number of anilines is 1. The number of hydrogen-bond donors (Lipinski definition) is 0. The van der Waals surface area contributed by atoms with Crippen LogP contribution in [0.3, 0.4) is 0 Å². The first-order chi connectivity index (χ1) is 10.9. The Bertz CT molecular complexity index is 794. The molecule has 2 aromatic rings. The van der Waals surface area contributed by atoms with Crippen molar-refractivity contribution in [2.24, 2.45) is 0 Å². The fraction of sp³-hybridized carbons (Fsp3) is 0.235. The molecule has 0 saturated heterocycles. The van der Waals surface area contributed by atoms with E-state index in [4.69, 9.17) is 4.74 Å². The molecule has 0 saturated carbocycles. The number of esters is 1. The van der Waals surface area contributed by atoms with Gasteiger partial charge in [0.15, 0.2) is 7.29 Å². The molecule has 0 radical (unpaired) electrons. The molecule has 0 spiro atoms. The van der Waals surface area contributed by atoms with Gasteiger partial charge in [0.25, 0.3) is 0 Å². The molecular weight excluding hydrogens is 316 g/mol. The average molecular weight is 333 g/mol. The summed E-state index contributed by atoms with van der Waals surface area (Å²) in [7, 11) is -1.64. The largest absolute Gasteiger partial charge is 0.469 e. The van der Waals surface area contributed by atoms with Gasteiger partial charge in [0, 0.05) is 17.7 Å². The van der Waals surface area contributed by atoms with Crippen LogP contribution in [-0.2, 0) is 14.1 Å². The fourth-order valence-electron chi connectivity index (χ4n) is 3.10. The standard InChI is InChI=1S/C17H17FNO3P/c1-22-17(20)11-15-14-10-12(18)8-9-16(14)23(2,21)19(15)13-6-4-3-5-7-13/h3-10,15H,11H2,1-2H3. The summed E-state index contributed by atoms with van der Waals surface area (Å²) < 4.78 is 33.6. The Hall–Kier alpha value is -2.13. The predicted molar refractivity (Wildman–Crippen MR) is 87.9 cm³/mol. The van der Waals surface area contributed by atoms with Crippen LogP contribution in [0.5, 0.6) is 0 Å². The molecule has 0 bridgehead atoms. The van der Waals surface area contributed by atoms with Crippen molar-refractivity contribution in [1.82, 2.24) is 0 Å². The predicted octanol–water partition coefficient (Wildman–Crippen LogP) is 3.48. The molecule has 1 aliphatic rings. The SMILES string of the molecule is COC(=O)CC1c2cc(F)ccc2P(C)(=O)N1c1ccccc1. The van der Waals surface area contributed by atoms with Gasteiger partial charge in [-0.25, -0.2) is 4.39 Å². The molecule has 23 heavy (non-hydrogen) atoms. The molecule has 0 aromatic heterocycles. The van der Waals surface area contributed by atoms with E-state index >= 15 is 0 Å². The van der Waals surface area contributed by atoms with Gasteiger partial charge >= 0.3 is 5.97 Å². The Labute approximate surface area is 134 Å². The summed E-state index contributed by atoms with van der Waals surface area (Å²) in [4.78, 5) is 11.8. The van der Waals surface area contributed by atoms with E-state index in [9.17, 15) is 13.8 Å². The van der Waals surface area contributed by atoms with E-state index in [1.54, 1.807) is 17.4 Å². The number of halogens is 1. The molecule has 4 nitrogen and oxygen atoms in total. The number of benzene rings is 2. The van der Waals surface area contributed by atoms with Crippen LogP contribution in [0.15, 0.2) is 48.5 Å². The normalized spacial score (nSPS) is 22.7. The Balaban J connectivity index is 2.17. The highest BCUT2D eigenvalue weighted by atomic mass is 31.2. The van der Waals surface area contributed by atoms with Gasteiger partial charge in [-0.05, 0) is 35.9 Å². The van der Waals surface area contributed by atoms with Gasteiger partial charge in [0.1, 0.15) is 5.82 Å². The van der Waals surface area contributed by atoms with Crippen LogP contribution < -0.4 is 9.97 Å². The number of methoxy groups -OCH3 is 1. The van der Waals surface area contributed by atoms with Crippen LogP contribution in [0.4, 0.5) is 10.1 Å². The van der Waals surface area contributed by atoms with Crippen molar-refractivity contribution in [2.45, 2.75) is 12.5 Å². The van der Waals surface area contributed by atoms with E-state index in [1.807, 2.05) is 30.3 Å². The van der Waals surface area contributed by atoms with Crippen LogP contribution in [0.1, 0.15) is 18.0 Å². The average Bonchev–Trinajstić information content (AvgIpc) is 2.75. The van der Waals surface area contributed by atoms with Crippen molar-refractivity contribution in [3.05, 3.63) is 59.9 Å². The van der Waals surface area contributed by atoms with E-state index in [1.165, 1.54) is 19.2 Å². The Morgan fingerprint density at radius 1 is 1.26 bits per heavy atom. The molecule has 2 unspecified atom stereocenters. The number of hydrogen-bond acceptors (Lipinski definition) is 3. The van der Waals surface area contributed by atoms with Gasteiger partial charge in [-0.2, -0.15) is 0 Å². The minimum absolute atomic E-state index is 0.0136. The minimum atomic E-state index is -2.95. The quantitative estimate of drug-likeness (QED) is 0.637. The zero-order valence-electron chi connectivity index (χ0n) is 12.9. The lowest BCUT2D eigenvalue weighted by molar-refractivity contribution is -0.141. The molecule has 1 aliphatic heterocycles. The Morgan fingerprint density at radius 2 is 1.96 bits per heavy atom. The van der Waals surface area contributed by atoms with Crippen molar-refractivity contribution in [2.75, 3.05) is 18.4 Å². The minimum Gasteiger partial charge on any atom is -0.469 e. The van der Waals surface area contributed by atoms with Crippen molar-refractivity contribution < 1.29 is 18.5 Å². The summed E-state index contributed by atoms with van der Waals surface area (Å²) in [5, 5.41) is 0.594. The third-order valence-electron chi connectivity index (χ3n) is 4.11. The van der Waals surface area contributed by atoms with E-state index < -0.39 is 25.1 Å². The second-order valence-corrected chi connectivity index (χ2v) is 8.23. The second kappa shape index (κ2) is 5.82. The van der Waals surface area contributed by atoms with E-state index in [2.05, 4.69) is 0 Å². The molecule has 2 atom stereocenters. The molecule has 0 N–H and O–H groups in total. The van der Waals surface area contributed by atoms with Crippen molar-refractivity contribution in [3.8, 4) is 0 Å². The molecule has 0 aliphatic carbocycles. The summed E-state index contributed by atoms with van der Waals surface area (Å²) in [5.41, 5.74) is 1.33. The maximum Gasteiger partial charge on any atom is 0.307 e. The molecule has 3 rings (SSSR count). The van der Waals surface area contributed by atoms with Gasteiger partial charge < -0.3 is 9.41 Å². The van der Waals surface area contributed by atoms with Crippen LogP contribution in [-0.4, -0.2) is 19.7 Å². The lowest BCUT2D eigenvalue weighted by Crippen LogP contribution is -2.23. The number of carbonyl (C=O) groups excluding carboxylic acids is 1. The number of fused-ring (bicyclic) bond motifs is 1. The number of para-hydroxylation sites is 1. The Kier molecular flexibility index (Phi) is 3.99. The van der Waals surface area contributed by atoms with Gasteiger partial charge in [-0.1, -0.05) is 18.2 Å². The summed E-state index contributed by atoms with van der Waals surface area (Å²) in [6.07, 6.45) is 0.0136. The summed E-state index contributed by atoms with van der Waals surface area (Å²) in [6, 6.07) is 12.9. The van der Waals surface area contributed by atoms with Crippen LogP contribution >= 0.6 is 7.29 Å². The van der Waals surface area contributed by atoms with E-state index in [-0.39, 0.29) is 6.42 Å². The lowest BCUT2D eigenvalue weighted by atomic mass is 10.0. The second-order valence-electron chi connectivity index (χ2n) is 5.56. The molecule has 1 heterocycles. The summed E-state index contributed by atoms with van der Waals surface area (Å²) in [5.74, 6) is -0.832. The highest BCUT2D eigenvalue weighted by molar-refractivity contribution is 7.73. The number of nitrogens with zero attached hydrogens (tertiary/aromatic N) is 1. The van der Waals surface area contributed by atoms with E-state index in [0.29, 0.717) is 10.9 Å². The highest BCUT2D eigenvalue weighted by Gasteiger charge is 2.45. The van der Waals surface area contributed by atoms with Gasteiger partial charge in [-0.3, -0.25) is 9.36 Å². The topological polar surface area (TPSA) is 46.6 Å². The van der Waals surface area contributed by atoms with Crippen LogP contribution in [0.25, 0.3) is 0 Å². The number of ether oxygens (including phenoxy) is 1. The zero-order chi connectivity index (χ0) is 16.6. The van der Waals surface area contributed by atoms with Crippen molar-refractivity contribution >= 4 is 24.3 Å². The van der Waals surface area contributed by atoms with Gasteiger partial charge in [-0.15, -0.1) is 0 Å². The molecule has 120 valence electrons. The van der Waals surface area contributed by atoms with Crippen LogP contribution in [0, 0.1) is 5.82 Å². The first-order valence-electron chi connectivity index (χ1n) is 7.24. The third kappa shape index (κ3) is 2.66. The lowest BCUT2D eigenvalue weighted by Gasteiger charge is -2.30. The number of rotatable bonds is 3. The first-order valence-corrected chi connectivity index (χ1v) is 9.35. The molecular formula is C17H17FNO3P. The molecule has 0 fully saturated rings. The first kappa shape index (κ1) is 15.8. The maximum atomic E-state index is 13.7. The summed E-state index contributed by atoms with van der Waals surface area (Å²) in [6.45, 7) is 1.65. The van der Waals surface area contributed by atoms with Crippen molar-refractivity contribution in [3.63, 3.8) is 0 Å². The number of carbonyl (C=O) groups is 1.